The van der Waals surface area contributed by atoms with Crippen LogP contribution in [0.15, 0.2) is 35.6 Å². The highest BCUT2D eigenvalue weighted by Crippen LogP contribution is 2.67. The molecule has 0 saturated heterocycles. The Morgan fingerprint density at radius 1 is 1.27 bits per heavy atom. The van der Waals surface area contributed by atoms with E-state index in [4.69, 9.17) is 20.9 Å². The van der Waals surface area contributed by atoms with Crippen molar-refractivity contribution < 1.29 is 33.0 Å². The molecule has 1 saturated carbocycles. The molecule has 3 atom stereocenters. The Balaban J connectivity index is 1.71. The molecule has 14 heteroatoms. The summed E-state index contributed by atoms with van der Waals surface area (Å²) in [5, 5.41) is 10.2. The van der Waals surface area contributed by atoms with Crippen LogP contribution in [-0.4, -0.2) is 88.9 Å². The number of thioether (sulfide) groups is 1. The number of amides is 2. The van der Waals surface area contributed by atoms with Crippen LogP contribution in [0, 0.1) is 24.1 Å². The van der Waals surface area contributed by atoms with Crippen LogP contribution in [0.1, 0.15) is 30.2 Å². The van der Waals surface area contributed by atoms with Crippen LogP contribution in [0.4, 0.5) is 13.6 Å². The molecule has 0 radical (unpaired) electrons. The Kier molecular flexibility index (Phi) is 10.1. The van der Waals surface area contributed by atoms with E-state index in [2.05, 4.69) is 35.5 Å². The average molecular weight is 658 g/mol. The number of terminal acetylenes is 1. The molecule has 2 aromatic rings. The number of rotatable bonds is 11. The number of fused-ring (bicyclic) bond motifs is 1. The van der Waals surface area contributed by atoms with E-state index in [1.165, 1.54) is 41.6 Å². The summed E-state index contributed by atoms with van der Waals surface area (Å²) in [5.74, 6) is 0.423. The van der Waals surface area contributed by atoms with Gasteiger partial charge in [0.15, 0.2) is 17.6 Å². The SMILES string of the molecule is C#CCOc1cnc(/C(F)=C/c2ccc(F)c([C@@]3(C)N=C(N(COCC[Si](C)(C)C)C(=O)O)S[C@@]4(C(=O)N(C)C)C[C@H]43)c2)cn1. The molecule has 1 aromatic carbocycles. The Bertz CT molecular complexity index is 1560. The normalized spacial score (nSPS) is 22.5. The van der Waals surface area contributed by atoms with E-state index in [1.807, 2.05) is 0 Å². The lowest BCUT2D eigenvalue weighted by atomic mass is 9.84. The molecular formula is C31H37F2N5O5SSi. The van der Waals surface area contributed by atoms with Gasteiger partial charge in [0.1, 0.15) is 23.0 Å². The van der Waals surface area contributed by atoms with Gasteiger partial charge in [-0.25, -0.2) is 28.4 Å². The second-order valence-electron chi connectivity index (χ2n) is 12.5. The number of carbonyl (C=O) groups is 2. The molecule has 1 aliphatic heterocycles. The van der Waals surface area contributed by atoms with Gasteiger partial charge in [0.25, 0.3) is 0 Å². The number of halogens is 2. The molecule has 1 N–H and O–H groups in total. The Morgan fingerprint density at radius 3 is 2.60 bits per heavy atom. The maximum absolute atomic E-state index is 15.6. The van der Waals surface area contributed by atoms with Crippen molar-refractivity contribution in [2.45, 2.75) is 49.3 Å². The van der Waals surface area contributed by atoms with Gasteiger partial charge >= 0.3 is 6.09 Å². The fourth-order valence-corrected chi connectivity index (χ4v) is 7.54. The van der Waals surface area contributed by atoms with E-state index in [0.29, 0.717) is 18.6 Å². The zero-order valence-electron chi connectivity index (χ0n) is 26.1. The van der Waals surface area contributed by atoms with E-state index in [1.54, 1.807) is 21.0 Å². The van der Waals surface area contributed by atoms with Gasteiger partial charge in [0.05, 0.1) is 17.9 Å². The van der Waals surface area contributed by atoms with Crippen molar-refractivity contribution in [1.29, 1.82) is 0 Å². The van der Waals surface area contributed by atoms with Gasteiger partial charge in [0.2, 0.25) is 11.8 Å². The highest BCUT2D eigenvalue weighted by molar-refractivity contribution is 8.16. The summed E-state index contributed by atoms with van der Waals surface area (Å²) < 4.78 is 40.7. The standard InChI is InChI=1S/C31H37F2N5O5SSi/c1-8-11-43-26-18-34-24(17-35-26)23(33)15-20-9-10-22(32)21(14-20)30(2)25-16-31(25,27(39)37(3)4)44-28(36-30)38(29(40)41)19-42-12-13-45(5,6)7/h1,9-10,14-15,17-18,25H,11-13,16,19H2,2-7H3,(H,40,41)/b23-15-/t25-,30+,31-/m0/s1. The fraction of sp³-hybridized carbons (Fsp3) is 0.452. The van der Waals surface area contributed by atoms with Crippen LogP contribution < -0.4 is 4.74 Å². The molecule has 0 bridgehead atoms. The lowest BCUT2D eigenvalue weighted by Crippen LogP contribution is -2.47. The molecular weight excluding hydrogens is 621 g/mol. The molecule has 45 heavy (non-hydrogen) atoms. The van der Waals surface area contributed by atoms with Gasteiger partial charge < -0.3 is 19.5 Å². The summed E-state index contributed by atoms with van der Waals surface area (Å²) >= 11 is 1.07. The Morgan fingerprint density at radius 2 is 2.00 bits per heavy atom. The largest absolute Gasteiger partial charge is 0.465 e. The van der Waals surface area contributed by atoms with E-state index in [9.17, 15) is 14.7 Å². The molecule has 4 rings (SSSR count). The first-order valence-electron chi connectivity index (χ1n) is 14.3. The van der Waals surface area contributed by atoms with Crippen LogP contribution in [-0.2, 0) is 15.1 Å². The predicted octanol–water partition coefficient (Wildman–Crippen LogP) is 5.55. The second-order valence-corrected chi connectivity index (χ2v) is 19.4. The molecule has 2 amide bonds. The number of hydrogen-bond acceptors (Lipinski definition) is 8. The Labute approximate surface area is 266 Å². The molecule has 1 aromatic heterocycles. The van der Waals surface area contributed by atoms with Crippen molar-refractivity contribution in [1.82, 2.24) is 19.8 Å². The van der Waals surface area contributed by atoms with Crippen LogP contribution in [0.5, 0.6) is 5.88 Å². The maximum atomic E-state index is 15.6. The van der Waals surface area contributed by atoms with Crippen molar-refractivity contribution in [2.24, 2.45) is 10.9 Å². The average Bonchev–Trinajstić information content (AvgIpc) is 3.73. The molecule has 2 heterocycles. The summed E-state index contributed by atoms with van der Waals surface area (Å²) in [6.45, 7) is 8.31. The zero-order valence-corrected chi connectivity index (χ0v) is 28.0. The first-order valence-corrected chi connectivity index (χ1v) is 18.8. The van der Waals surface area contributed by atoms with Crippen LogP contribution in [0.3, 0.4) is 0 Å². The number of hydrogen-bond donors (Lipinski definition) is 1. The molecule has 2 aliphatic rings. The van der Waals surface area contributed by atoms with Gasteiger partial charge in [-0.1, -0.05) is 43.4 Å². The van der Waals surface area contributed by atoms with Crippen molar-refractivity contribution in [3.63, 3.8) is 0 Å². The maximum Gasteiger partial charge on any atom is 0.415 e. The van der Waals surface area contributed by atoms with Crippen LogP contribution in [0.2, 0.25) is 25.7 Å². The van der Waals surface area contributed by atoms with Gasteiger partial charge in [-0.3, -0.25) is 9.79 Å². The van der Waals surface area contributed by atoms with Crippen LogP contribution >= 0.6 is 11.8 Å². The number of amidine groups is 1. The van der Waals surface area contributed by atoms with Crippen molar-refractivity contribution in [3.05, 3.63) is 53.2 Å². The monoisotopic (exact) mass is 657 g/mol. The zero-order chi connectivity index (χ0) is 33.2. The smallest absolute Gasteiger partial charge is 0.415 e. The minimum atomic E-state index is -1.43. The van der Waals surface area contributed by atoms with E-state index < -0.39 is 42.0 Å². The number of benzene rings is 1. The molecule has 0 spiro atoms. The van der Waals surface area contributed by atoms with Crippen molar-refractivity contribution >= 4 is 48.9 Å². The molecule has 1 fully saturated rings. The minimum absolute atomic E-state index is 0.00948. The third kappa shape index (κ3) is 7.54. The summed E-state index contributed by atoms with van der Waals surface area (Å²) in [5.41, 5.74) is -1.00. The number of nitrogens with zero attached hydrogens (tertiary/aromatic N) is 5. The van der Waals surface area contributed by atoms with Gasteiger partial charge in [-0.05, 0) is 43.2 Å². The molecule has 1 aliphatic carbocycles. The van der Waals surface area contributed by atoms with E-state index in [-0.39, 0.29) is 41.5 Å². The summed E-state index contributed by atoms with van der Waals surface area (Å²) in [7, 11) is 1.81. The fourth-order valence-electron chi connectivity index (χ4n) is 5.09. The highest BCUT2D eigenvalue weighted by Gasteiger charge is 2.71. The third-order valence-corrected chi connectivity index (χ3v) is 10.8. The second kappa shape index (κ2) is 13.3. The number of ether oxygens (including phenoxy) is 2. The van der Waals surface area contributed by atoms with E-state index in [0.717, 1.165) is 22.7 Å². The summed E-state index contributed by atoms with van der Waals surface area (Å²) in [6, 6.07) is 4.90. The first-order chi connectivity index (χ1) is 21.1. The molecule has 10 nitrogen and oxygen atoms in total. The van der Waals surface area contributed by atoms with Gasteiger partial charge in [0, 0.05) is 40.3 Å². The minimum Gasteiger partial charge on any atom is -0.465 e. The van der Waals surface area contributed by atoms with Gasteiger partial charge in [-0.15, -0.1) is 6.42 Å². The summed E-state index contributed by atoms with van der Waals surface area (Å²) in [6.07, 6.45) is 7.82. The quantitative estimate of drug-likeness (QED) is 0.145. The lowest BCUT2D eigenvalue weighted by molar-refractivity contribution is -0.129. The van der Waals surface area contributed by atoms with Crippen molar-refractivity contribution in [2.75, 3.05) is 34.0 Å². The Hall–Kier alpha value is -3.80. The van der Waals surface area contributed by atoms with Crippen molar-refractivity contribution in [3.8, 4) is 18.2 Å². The summed E-state index contributed by atoms with van der Waals surface area (Å²) in [4.78, 5) is 41.1. The first kappa shape index (κ1) is 34.1. The number of carbonyl (C=O) groups excluding carboxylic acids is 1. The number of carboxylic acid groups (broad SMARTS) is 1. The van der Waals surface area contributed by atoms with Crippen LogP contribution in [0.25, 0.3) is 11.9 Å². The predicted molar refractivity (Wildman–Crippen MR) is 172 cm³/mol. The highest BCUT2D eigenvalue weighted by atomic mass is 32.2. The van der Waals surface area contributed by atoms with E-state index >= 15 is 8.78 Å². The topological polar surface area (TPSA) is 117 Å². The number of aliphatic imine (C=N–C) groups is 1. The third-order valence-electron chi connectivity index (χ3n) is 7.64. The molecule has 0 unspecified atom stereocenters. The lowest BCUT2D eigenvalue weighted by Gasteiger charge is -2.37. The van der Waals surface area contributed by atoms with Gasteiger partial charge in [-0.2, -0.15) is 0 Å². The number of aromatic nitrogens is 2. The molecule has 240 valence electrons.